The van der Waals surface area contributed by atoms with Crippen LogP contribution in [-0.4, -0.2) is 14.9 Å². The maximum Gasteiger partial charge on any atom is 0.269 e. The number of anilines is 1. The van der Waals surface area contributed by atoms with Gasteiger partial charge in [0.2, 0.25) is 0 Å². The van der Waals surface area contributed by atoms with E-state index in [9.17, 15) is 10.1 Å². The zero-order valence-electron chi connectivity index (χ0n) is 15.0. The maximum atomic E-state index is 10.8. The molecular weight excluding hydrogens is 360 g/mol. The molecule has 0 aliphatic heterocycles. The van der Waals surface area contributed by atoms with Crippen LogP contribution >= 0.6 is 11.3 Å². The van der Waals surface area contributed by atoms with Gasteiger partial charge < -0.3 is 5.73 Å². The first kappa shape index (κ1) is 17.4. The van der Waals surface area contributed by atoms with Crippen LogP contribution in [0.15, 0.2) is 42.2 Å². The summed E-state index contributed by atoms with van der Waals surface area (Å²) in [5.74, 6) is 0.505. The van der Waals surface area contributed by atoms with E-state index in [0.29, 0.717) is 5.82 Å². The minimum Gasteiger partial charge on any atom is -0.383 e. The van der Waals surface area contributed by atoms with Crippen LogP contribution in [0, 0.1) is 10.1 Å². The number of nitrogens with zero attached hydrogens (tertiary/aromatic N) is 3. The van der Waals surface area contributed by atoms with Crippen molar-refractivity contribution in [3.8, 4) is 0 Å². The standard InChI is InChI=1S/C20H18N4O2S/c1-20(2)10-13(4-3-12-5-7-14(8-6-12)24(25)26)9-15-16-18(21)22-11-23-19(16)27-17(15)20/h3-9,11H,10H2,1-2H3,(H2,21,22,23)/b4-3+. The van der Waals surface area contributed by atoms with Crippen molar-refractivity contribution in [3.05, 3.63) is 68.4 Å². The number of nitro benzene ring substituents is 1. The first-order chi connectivity index (χ1) is 12.8. The fourth-order valence-electron chi connectivity index (χ4n) is 3.46. The van der Waals surface area contributed by atoms with Crippen LogP contribution in [0.2, 0.25) is 0 Å². The van der Waals surface area contributed by atoms with E-state index in [2.05, 4.69) is 36.0 Å². The number of allylic oxidation sites excluding steroid dienone is 2. The summed E-state index contributed by atoms with van der Waals surface area (Å²) in [7, 11) is 0. The molecule has 27 heavy (non-hydrogen) atoms. The van der Waals surface area contributed by atoms with Crippen molar-refractivity contribution in [1.82, 2.24) is 9.97 Å². The molecule has 0 amide bonds. The van der Waals surface area contributed by atoms with Crippen LogP contribution in [0.1, 0.15) is 36.3 Å². The van der Waals surface area contributed by atoms with Crippen molar-refractivity contribution in [3.63, 3.8) is 0 Å². The summed E-state index contributed by atoms with van der Waals surface area (Å²) in [6.45, 7) is 4.44. The minimum absolute atomic E-state index is 0.0307. The highest BCUT2D eigenvalue weighted by Gasteiger charge is 2.32. The first-order valence-corrected chi connectivity index (χ1v) is 9.33. The Labute approximate surface area is 160 Å². The smallest absolute Gasteiger partial charge is 0.269 e. The zero-order valence-corrected chi connectivity index (χ0v) is 15.8. The van der Waals surface area contributed by atoms with Gasteiger partial charge in [0.05, 0.1) is 10.3 Å². The first-order valence-electron chi connectivity index (χ1n) is 8.52. The number of non-ortho nitro benzene ring substituents is 1. The van der Waals surface area contributed by atoms with Crippen LogP contribution in [0.5, 0.6) is 0 Å². The van der Waals surface area contributed by atoms with Gasteiger partial charge in [0, 0.05) is 28.0 Å². The van der Waals surface area contributed by atoms with Gasteiger partial charge in [-0.2, -0.15) is 0 Å². The highest BCUT2D eigenvalue weighted by molar-refractivity contribution is 7.19. The summed E-state index contributed by atoms with van der Waals surface area (Å²) in [5, 5.41) is 11.7. The minimum atomic E-state index is -0.393. The normalized spacial score (nSPS) is 15.7. The van der Waals surface area contributed by atoms with Gasteiger partial charge in [0.1, 0.15) is 17.0 Å². The third-order valence-electron chi connectivity index (χ3n) is 4.74. The third-order valence-corrected chi connectivity index (χ3v) is 6.22. The van der Waals surface area contributed by atoms with E-state index >= 15 is 0 Å². The van der Waals surface area contributed by atoms with E-state index in [1.54, 1.807) is 23.5 Å². The Morgan fingerprint density at radius 1 is 1.22 bits per heavy atom. The molecule has 6 nitrogen and oxygen atoms in total. The molecule has 0 atom stereocenters. The molecule has 1 aliphatic carbocycles. The second-order valence-electron chi connectivity index (χ2n) is 7.25. The van der Waals surface area contributed by atoms with Gasteiger partial charge >= 0.3 is 0 Å². The highest BCUT2D eigenvalue weighted by atomic mass is 32.1. The van der Waals surface area contributed by atoms with E-state index in [1.165, 1.54) is 28.9 Å². The van der Waals surface area contributed by atoms with Gasteiger partial charge in [0.15, 0.2) is 0 Å². The molecule has 0 spiro atoms. The summed E-state index contributed by atoms with van der Waals surface area (Å²) in [5.41, 5.74) is 9.38. The number of benzene rings is 1. The predicted molar refractivity (Wildman–Crippen MR) is 110 cm³/mol. The summed E-state index contributed by atoms with van der Waals surface area (Å²) in [6, 6.07) is 6.53. The molecule has 0 bridgehead atoms. The maximum absolute atomic E-state index is 10.8. The number of nitrogen functional groups attached to an aromatic ring is 1. The van der Waals surface area contributed by atoms with Crippen LogP contribution in [0.4, 0.5) is 11.5 Å². The Bertz CT molecular complexity index is 1110. The molecule has 0 fully saturated rings. The number of nitrogens with two attached hydrogens (primary N) is 1. The number of fused-ring (bicyclic) bond motifs is 3. The molecule has 4 rings (SSSR count). The molecule has 2 heterocycles. The number of hydrogen-bond donors (Lipinski definition) is 1. The predicted octanol–water partition coefficient (Wildman–Crippen LogP) is 4.96. The Morgan fingerprint density at radius 3 is 2.67 bits per heavy atom. The Hall–Kier alpha value is -3.06. The Kier molecular flexibility index (Phi) is 4.04. The van der Waals surface area contributed by atoms with Crippen LogP contribution < -0.4 is 5.73 Å². The van der Waals surface area contributed by atoms with Crippen LogP contribution in [0.25, 0.3) is 22.4 Å². The van der Waals surface area contributed by atoms with Gasteiger partial charge in [-0.25, -0.2) is 9.97 Å². The fourth-order valence-corrected chi connectivity index (χ4v) is 4.69. The van der Waals surface area contributed by atoms with Crippen LogP contribution in [-0.2, 0) is 5.41 Å². The molecule has 7 heteroatoms. The Morgan fingerprint density at radius 2 is 1.96 bits per heavy atom. The lowest BCUT2D eigenvalue weighted by Crippen LogP contribution is -2.20. The lowest BCUT2D eigenvalue weighted by Gasteiger charge is -2.29. The topological polar surface area (TPSA) is 94.9 Å². The number of hydrogen-bond acceptors (Lipinski definition) is 6. The van der Waals surface area contributed by atoms with Crippen molar-refractivity contribution in [1.29, 1.82) is 0 Å². The molecule has 3 aromatic rings. The molecule has 0 saturated heterocycles. The van der Waals surface area contributed by atoms with Crippen molar-refractivity contribution >= 4 is 45.2 Å². The van der Waals surface area contributed by atoms with Gasteiger partial charge in [-0.3, -0.25) is 10.1 Å². The third kappa shape index (κ3) is 3.10. The van der Waals surface area contributed by atoms with Crippen molar-refractivity contribution < 1.29 is 4.92 Å². The van der Waals surface area contributed by atoms with E-state index in [4.69, 9.17) is 5.73 Å². The highest BCUT2D eigenvalue weighted by Crippen LogP contribution is 2.47. The molecule has 2 aromatic heterocycles. The second-order valence-corrected chi connectivity index (χ2v) is 8.24. The molecule has 0 unspecified atom stereocenters. The fraction of sp³-hybridized carbons (Fsp3) is 0.200. The average molecular weight is 378 g/mol. The summed E-state index contributed by atoms with van der Waals surface area (Å²) in [4.78, 5) is 21.1. The average Bonchev–Trinajstić information content (AvgIpc) is 3.01. The largest absolute Gasteiger partial charge is 0.383 e. The molecule has 1 aromatic carbocycles. The van der Waals surface area contributed by atoms with Gasteiger partial charge in [-0.1, -0.05) is 26.0 Å². The van der Waals surface area contributed by atoms with E-state index in [-0.39, 0.29) is 11.1 Å². The lowest BCUT2D eigenvalue weighted by molar-refractivity contribution is -0.384. The number of rotatable bonds is 3. The summed E-state index contributed by atoms with van der Waals surface area (Å²) in [6.07, 6.45) is 8.59. The second kappa shape index (κ2) is 6.28. The lowest BCUT2D eigenvalue weighted by atomic mass is 9.77. The van der Waals surface area contributed by atoms with Crippen molar-refractivity contribution in [2.45, 2.75) is 25.7 Å². The van der Waals surface area contributed by atoms with Gasteiger partial charge in [-0.15, -0.1) is 11.3 Å². The van der Waals surface area contributed by atoms with Crippen molar-refractivity contribution in [2.24, 2.45) is 0 Å². The van der Waals surface area contributed by atoms with E-state index in [0.717, 1.165) is 27.8 Å². The number of aromatic nitrogens is 2. The number of nitro groups is 1. The molecule has 0 saturated carbocycles. The van der Waals surface area contributed by atoms with Crippen molar-refractivity contribution in [2.75, 3.05) is 5.73 Å². The van der Waals surface area contributed by atoms with E-state index < -0.39 is 4.92 Å². The molecule has 2 N–H and O–H groups in total. The zero-order chi connectivity index (χ0) is 19.2. The van der Waals surface area contributed by atoms with E-state index in [1.807, 2.05) is 6.08 Å². The number of thiophene rings is 1. The summed E-state index contributed by atoms with van der Waals surface area (Å²) < 4.78 is 0. The Balaban J connectivity index is 1.73. The quantitative estimate of drug-likeness (QED) is 0.513. The SMILES string of the molecule is CC1(C)CC(/C=C/c2ccc([N+](=O)[O-])cc2)=Cc2c1sc1ncnc(N)c21. The monoisotopic (exact) mass is 378 g/mol. The molecule has 136 valence electrons. The molecule has 0 radical (unpaired) electrons. The molecule has 1 aliphatic rings. The van der Waals surface area contributed by atoms with Gasteiger partial charge in [-0.05, 0) is 35.8 Å². The summed E-state index contributed by atoms with van der Waals surface area (Å²) >= 11 is 1.68. The molecular formula is C20H18N4O2S. The van der Waals surface area contributed by atoms with Crippen LogP contribution in [0.3, 0.4) is 0 Å². The van der Waals surface area contributed by atoms with Gasteiger partial charge in [0.25, 0.3) is 5.69 Å².